The summed E-state index contributed by atoms with van der Waals surface area (Å²) >= 11 is 5.85. The zero-order valence-corrected chi connectivity index (χ0v) is 15.7. The highest BCUT2D eigenvalue weighted by Crippen LogP contribution is 2.31. The number of rotatable bonds is 5. The molecule has 0 atom stereocenters. The topological polar surface area (TPSA) is 69.7 Å². The van der Waals surface area contributed by atoms with Crippen LogP contribution in [0.3, 0.4) is 0 Å². The molecule has 0 fully saturated rings. The molecule has 0 amide bonds. The molecule has 2 aromatic heterocycles. The first-order valence-electron chi connectivity index (χ1n) is 8.56. The number of ether oxygens (including phenoxy) is 1. The van der Waals surface area contributed by atoms with Crippen LogP contribution in [-0.4, -0.2) is 12.4 Å². The van der Waals surface area contributed by atoms with Gasteiger partial charge in [0.25, 0.3) is 0 Å². The molecule has 28 heavy (non-hydrogen) atoms. The Morgan fingerprint density at radius 1 is 1.11 bits per heavy atom. The van der Waals surface area contributed by atoms with Crippen molar-refractivity contribution in [1.29, 1.82) is 0 Å². The number of furan rings is 1. The predicted molar refractivity (Wildman–Crippen MR) is 106 cm³/mol. The lowest BCUT2D eigenvalue weighted by Crippen LogP contribution is -2.17. The summed E-state index contributed by atoms with van der Waals surface area (Å²) in [7, 11) is 0. The van der Waals surface area contributed by atoms with E-state index in [-0.39, 0.29) is 29.3 Å². The van der Waals surface area contributed by atoms with Gasteiger partial charge >= 0.3 is 0 Å². The van der Waals surface area contributed by atoms with Crippen molar-refractivity contribution < 1.29 is 18.4 Å². The monoisotopic (exact) mass is 394 g/mol. The summed E-state index contributed by atoms with van der Waals surface area (Å²) in [6, 6.07) is 15.1. The fourth-order valence-corrected chi connectivity index (χ4v) is 2.97. The van der Waals surface area contributed by atoms with Gasteiger partial charge in [-0.25, -0.2) is 0 Å². The zero-order chi connectivity index (χ0) is 19.7. The summed E-state index contributed by atoms with van der Waals surface area (Å²) < 4.78 is 16.9. The molecule has 0 unspecified atom stereocenters. The molecule has 2 aromatic carbocycles. The molecule has 0 aliphatic carbocycles. The Labute approximate surface area is 165 Å². The van der Waals surface area contributed by atoms with E-state index in [1.54, 1.807) is 48.5 Å². The Morgan fingerprint density at radius 3 is 2.61 bits per heavy atom. The summed E-state index contributed by atoms with van der Waals surface area (Å²) in [5, 5.41) is 0.901. The lowest BCUT2D eigenvalue weighted by atomic mass is 10.1. The molecule has 6 heteroatoms. The number of benzene rings is 2. The fourth-order valence-electron chi connectivity index (χ4n) is 2.84. The molecule has 0 spiro atoms. The second-order valence-corrected chi connectivity index (χ2v) is 6.72. The van der Waals surface area contributed by atoms with E-state index < -0.39 is 0 Å². The van der Waals surface area contributed by atoms with E-state index in [1.807, 2.05) is 13.0 Å². The Bertz CT molecular complexity index is 1200. The number of carbonyl (C=O) groups is 1. The van der Waals surface area contributed by atoms with Crippen LogP contribution in [0.5, 0.6) is 5.75 Å². The SMILES string of the molecule is Cc1ccc2c(=O)c(OCC(=O)c3ccc(Cl)cc3)c(-c3ccco3)oc2c1. The molecule has 0 aliphatic heterocycles. The van der Waals surface area contributed by atoms with Gasteiger partial charge in [0.1, 0.15) is 5.58 Å². The highest BCUT2D eigenvalue weighted by molar-refractivity contribution is 6.30. The van der Waals surface area contributed by atoms with Gasteiger partial charge in [0, 0.05) is 10.6 Å². The van der Waals surface area contributed by atoms with Crippen LogP contribution < -0.4 is 10.2 Å². The highest BCUT2D eigenvalue weighted by Gasteiger charge is 2.21. The number of Topliss-reactive ketones (excluding diaryl/α,β-unsaturated/α-hetero) is 1. The predicted octanol–water partition coefficient (Wildman–Crippen LogP) is 5.28. The normalized spacial score (nSPS) is 10.9. The van der Waals surface area contributed by atoms with E-state index in [4.69, 9.17) is 25.2 Å². The summed E-state index contributed by atoms with van der Waals surface area (Å²) in [6.07, 6.45) is 1.47. The number of carbonyl (C=O) groups excluding carboxylic acids is 1. The maximum Gasteiger partial charge on any atom is 0.235 e. The largest absolute Gasteiger partial charge is 0.478 e. The Balaban J connectivity index is 1.74. The number of hydrogen-bond donors (Lipinski definition) is 0. The third-order valence-corrected chi connectivity index (χ3v) is 4.52. The van der Waals surface area contributed by atoms with Crippen LogP contribution in [0, 0.1) is 6.92 Å². The molecule has 0 radical (unpaired) electrons. The van der Waals surface area contributed by atoms with Gasteiger partial charge in [-0.15, -0.1) is 0 Å². The molecule has 4 rings (SSSR count). The van der Waals surface area contributed by atoms with Crippen LogP contribution in [-0.2, 0) is 0 Å². The molecule has 4 aromatic rings. The first kappa shape index (κ1) is 18.1. The second kappa shape index (κ2) is 7.37. The van der Waals surface area contributed by atoms with Crippen LogP contribution in [0.15, 0.2) is 74.5 Å². The minimum absolute atomic E-state index is 0.0615. The maximum atomic E-state index is 13.0. The maximum absolute atomic E-state index is 13.0. The van der Waals surface area contributed by atoms with Crippen LogP contribution in [0.1, 0.15) is 15.9 Å². The summed E-state index contributed by atoms with van der Waals surface area (Å²) in [5.74, 6) is 0.144. The van der Waals surface area contributed by atoms with Crippen molar-refractivity contribution >= 4 is 28.4 Å². The van der Waals surface area contributed by atoms with Crippen molar-refractivity contribution in [2.24, 2.45) is 0 Å². The molecule has 0 N–H and O–H groups in total. The molecular weight excluding hydrogens is 380 g/mol. The minimum Gasteiger partial charge on any atom is -0.478 e. The van der Waals surface area contributed by atoms with Crippen molar-refractivity contribution in [3.63, 3.8) is 0 Å². The highest BCUT2D eigenvalue weighted by atomic mass is 35.5. The number of halogens is 1. The van der Waals surface area contributed by atoms with Crippen molar-refractivity contribution in [2.45, 2.75) is 6.92 Å². The number of aryl methyl sites for hydroxylation is 1. The van der Waals surface area contributed by atoms with Gasteiger partial charge in [-0.3, -0.25) is 9.59 Å². The zero-order valence-electron chi connectivity index (χ0n) is 14.9. The lowest BCUT2D eigenvalue weighted by Gasteiger charge is -2.10. The van der Waals surface area contributed by atoms with Crippen molar-refractivity contribution in [3.05, 3.63) is 87.2 Å². The summed E-state index contributed by atoms with van der Waals surface area (Å²) in [5.41, 5.74) is 1.45. The van der Waals surface area contributed by atoms with Gasteiger partial charge < -0.3 is 13.6 Å². The van der Waals surface area contributed by atoms with Crippen molar-refractivity contribution in [3.8, 4) is 17.3 Å². The molecule has 2 heterocycles. The van der Waals surface area contributed by atoms with E-state index in [1.165, 1.54) is 6.26 Å². The van der Waals surface area contributed by atoms with E-state index >= 15 is 0 Å². The van der Waals surface area contributed by atoms with E-state index in [0.29, 0.717) is 27.3 Å². The van der Waals surface area contributed by atoms with Gasteiger partial charge in [-0.2, -0.15) is 0 Å². The van der Waals surface area contributed by atoms with E-state index in [9.17, 15) is 9.59 Å². The quantitative estimate of drug-likeness (QED) is 0.431. The van der Waals surface area contributed by atoms with Crippen LogP contribution >= 0.6 is 11.6 Å². The van der Waals surface area contributed by atoms with Gasteiger partial charge in [0.2, 0.25) is 16.9 Å². The molecular formula is C22H15ClO5. The lowest BCUT2D eigenvalue weighted by molar-refractivity contribution is 0.0920. The smallest absolute Gasteiger partial charge is 0.235 e. The standard InChI is InChI=1S/C22H15ClO5/c1-13-4-9-16-19(11-13)28-21(18-3-2-10-26-18)22(20(16)25)27-12-17(24)14-5-7-15(23)8-6-14/h2-11H,12H2,1H3. The second-order valence-electron chi connectivity index (χ2n) is 6.29. The van der Waals surface area contributed by atoms with Crippen molar-refractivity contribution in [2.75, 3.05) is 6.61 Å². The number of hydrogen-bond acceptors (Lipinski definition) is 5. The Morgan fingerprint density at radius 2 is 1.89 bits per heavy atom. The first-order chi connectivity index (χ1) is 13.5. The average Bonchev–Trinajstić information content (AvgIpc) is 3.22. The molecule has 0 bridgehead atoms. The van der Waals surface area contributed by atoms with Crippen molar-refractivity contribution in [1.82, 2.24) is 0 Å². The van der Waals surface area contributed by atoms with E-state index in [0.717, 1.165) is 5.56 Å². The van der Waals surface area contributed by atoms with Crippen LogP contribution in [0.2, 0.25) is 5.02 Å². The third kappa shape index (κ3) is 3.44. The number of fused-ring (bicyclic) bond motifs is 1. The van der Waals surface area contributed by atoms with Crippen LogP contribution in [0.4, 0.5) is 0 Å². The average molecular weight is 395 g/mol. The van der Waals surface area contributed by atoms with Gasteiger partial charge in [-0.05, 0) is 61.0 Å². The number of ketones is 1. The fraction of sp³-hybridized carbons (Fsp3) is 0.0909. The molecule has 140 valence electrons. The summed E-state index contributed by atoms with van der Waals surface area (Å²) in [4.78, 5) is 25.4. The molecule has 0 saturated heterocycles. The molecule has 5 nitrogen and oxygen atoms in total. The van der Waals surface area contributed by atoms with E-state index in [2.05, 4.69) is 0 Å². The minimum atomic E-state index is -0.364. The van der Waals surface area contributed by atoms with Crippen LogP contribution in [0.25, 0.3) is 22.5 Å². The first-order valence-corrected chi connectivity index (χ1v) is 8.93. The Hall–Kier alpha value is -3.31. The Kier molecular flexibility index (Phi) is 4.75. The van der Waals surface area contributed by atoms with Gasteiger partial charge in [0.05, 0.1) is 11.6 Å². The molecule has 0 saturated carbocycles. The third-order valence-electron chi connectivity index (χ3n) is 4.26. The molecule has 0 aliphatic rings. The van der Waals surface area contributed by atoms with Gasteiger partial charge in [-0.1, -0.05) is 17.7 Å². The summed E-state index contributed by atoms with van der Waals surface area (Å²) in [6.45, 7) is 1.58. The van der Waals surface area contributed by atoms with Gasteiger partial charge in [0.15, 0.2) is 18.2 Å².